The molecule has 1 saturated heterocycles. The number of nitrogens with zero attached hydrogens (tertiary/aromatic N) is 2. The van der Waals surface area contributed by atoms with Crippen LogP contribution in [0.4, 0.5) is 10.6 Å². The van der Waals surface area contributed by atoms with E-state index >= 15 is 0 Å². The third kappa shape index (κ3) is 4.57. The molecule has 1 aliphatic heterocycles. The molecule has 29 heavy (non-hydrogen) atoms. The van der Waals surface area contributed by atoms with Crippen LogP contribution in [0.5, 0.6) is 0 Å². The number of esters is 1. The van der Waals surface area contributed by atoms with Crippen LogP contribution in [0.15, 0.2) is 10.6 Å². The third-order valence-corrected chi connectivity index (χ3v) is 5.17. The number of hydrogen-bond donors (Lipinski definition) is 2. The average Bonchev–Trinajstić information content (AvgIpc) is 3.07. The fourth-order valence-electron chi connectivity index (χ4n) is 4.57. The van der Waals surface area contributed by atoms with E-state index in [1.165, 1.54) is 6.07 Å². The zero-order valence-corrected chi connectivity index (χ0v) is 17.0. The highest BCUT2D eigenvalue weighted by atomic mass is 16.5. The molecule has 1 aromatic heterocycles. The molecule has 0 radical (unpaired) electrons. The molecule has 10 heteroatoms. The first-order chi connectivity index (χ1) is 13.5. The van der Waals surface area contributed by atoms with Gasteiger partial charge in [0.25, 0.3) is 11.8 Å². The quantitative estimate of drug-likeness (QED) is 0.561. The monoisotopic (exact) mass is 406 g/mol. The molecule has 2 fully saturated rings. The third-order valence-electron chi connectivity index (χ3n) is 5.17. The lowest BCUT2D eigenvalue weighted by atomic mass is 9.64. The van der Waals surface area contributed by atoms with Gasteiger partial charge in [0.1, 0.15) is 17.8 Å². The number of hydrogen-bond acceptors (Lipinski definition) is 7. The molecule has 158 valence electrons. The number of anilines is 1. The average molecular weight is 406 g/mol. The van der Waals surface area contributed by atoms with Crippen molar-refractivity contribution in [2.24, 2.45) is 11.3 Å². The second-order valence-electron chi connectivity index (χ2n) is 8.79. The van der Waals surface area contributed by atoms with E-state index in [4.69, 9.17) is 9.26 Å². The second kappa shape index (κ2) is 7.49. The molecular weight excluding hydrogens is 380 g/mol. The Morgan fingerprint density at radius 1 is 1.38 bits per heavy atom. The van der Waals surface area contributed by atoms with Crippen LogP contribution in [0.1, 0.15) is 45.8 Å². The van der Waals surface area contributed by atoms with E-state index < -0.39 is 42.5 Å². The standard InChI is InChI=1S/C19H26N4O6/c1-11-6-18(3,4)10-19(7-11)16(26)23(17(27)21-19)8-15(25)28-9-14(24)20-13-5-12(2)29-22-13/h5,11H,6-10H2,1-4H3,(H,21,27)(H,20,22,24). The molecule has 4 amide bonds. The topological polar surface area (TPSA) is 131 Å². The van der Waals surface area contributed by atoms with E-state index in [0.717, 1.165) is 11.3 Å². The Hall–Kier alpha value is -2.91. The molecule has 2 aliphatic rings. The zero-order chi connectivity index (χ0) is 21.4. The van der Waals surface area contributed by atoms with Crippen molar-refractivity contribution >= 4 is 29.6 Å². The fourth-order valence-corrected chi connectivity index (χ4v) is 4.57. The molecular formula is C19H26N4O6. The Labute approximate surface area is 168 Å². The lowest BCUT2D eigenvalue weighted by Gasteiger charge is -2.43. The maximum absolute atomic E-state index is 13.0. The highest BCUT2D eigenvalue weighted by Gasteiger charge is 2.56. The first kappa shape index (κ1) is 20.8. The van der Waals surface area contributed by atoms with Gasteiger partial charge >= 0.3 is 12.0 Å². The lowest BCUT2D eigenvalue weighted by Crippen LogP contribution is -2.54. The molecule has 1 aromatic rings. The van der Waals surface area contributed by atoms with Gasteiger partial charge in [0, 0.05) is 6.07 Å². The summed E-state index contributed by atoms with van der Waals surface area (Å²) in [7, 11) is 0. The van der Waals surface area contributed by atoms with Crippen molar-refractivity contribution in [1.29, 1.82) is 0 Å². The van der Waals surface area contributed by atoms with Gasteiger partial charge in [-0.3, -0.25) is 19.3 Å². The van der Waals surface area contributed by atoms with E-state index in [2.05, 4.69) is 29.6 Å². The Balaban J connectivity index is 1.55. The molecule has 1 aliphatic carbocycles. The van der Waals surface area contributed by atoms with E-state index in [0.29, 0.717) is 18.6 Å². The van der Waals surface area contributed by atoms with Crippen molar-refractivity contribution in [2.75, 3.05) is 18.5 Å². The van der Waals surface area contributed by atoms with Gasteiger partial charge in [0.2, 0.25) is 0 Å². The van der Waals surface area contributed by atoms with Crippen LogP contribution in [0.25, 0.3) is 0 Å². The first-order valence-corrected chi connectivity index (χ1v) is 9.53. The van der Waals surface area contributed by atoms with Crippen molar-refractivity contribution < 1.29 is 28.4 Å². The smallest absolute Gasteiger partial charge is 0.326 e. The number of urea groups is 1. The van der Waals surface area contributed by atoms with Crippen molar-refractivity contribution in [2.45, 2.75) is 52.5 Å². The van der Waals surface area contributed by atoms with Gasteiger partial charge in [-0.25, -0.2) is 4.79 Å². The van der Waals surface area contributed by atoms with Crippen LogP contribution in [-0.4, -0.2) is 52.6 Å². The summed E-state index contributed by atoms with van der Waals surface area (Å²) < 4.78 is 9.72. The Morgan fingerprint density at radius 2 is 2.10 bits per heavy atom. The Bertz CT molecular complexity index is 848. The number of ether oxygens (including phenoxy) is 1. The van der Waals surface area contributed by atoms with Crippen molar-refractivity contribution in [1.82, 2.24) is 15.4 Å². The predicted molar refractivity (Wildman–Crippen MR) is 101 cm³/mol. The summed E-state index contributed by atoms with van der Waals surface area (Å²) in [5.41, 5.74) is -1.09. The van der Waals surface area contributed by atoms with Gasteiger partial charge in [-0.15, -0.1) is 0 Å². The number of aryl methyl sites for hydroxylation is 1. The maximum atomic E-state index is 13.0. The number of amides is 4. The summed E-state index contributed by atoms with van der Waals surface area (Å²) in [5, 5.41) is 8.80. The SMILES string of the molecule is Cc1cc(NC(=O)COC(=O)CN2C(=O)NC3(CC(C)CC(C)(C)C3)C2=O)no1. The summed E-state index contributed by atoms with van der Waals surface area (Å²) in [6.07, 6.45) is 2.01. The van der Waals surface area contributed by atoms with E-state index in [-0.39, 0.29) is 17.2 Å². The maximum Gasteiger partial charge on any atom is 0.326 e. The van der Waals surface area contributed by atoms with Crippen LogP contribution in [0, 0.1) is 18.3 Å². The molecule has 2 atom stereocenters. The highest BCUT2D eigenvalue weighted by molar-refractivity contribution is 6.09. The summed E-state index contributed by atoms with van der Waals surface area (Å²) in [6.45, 7) is 6.74. The summed E-state index contributed by atoms with van der Waals surface area (Å²) >= 11 is 0. The molecule has 0 aromatic carbocycles. The minimum absolute atomic E-state index is 0.102. The van der Waals surface area contributed by atoms with Crippen LogP contribution >= 0.6 is 0 Å². The van der Waals surface area contributed by atoms with Crippen LogP contribution in [0.3, 0.4) is 0 Å². The van der Waals surface area contributed by atoms with Gasteiger partial charge in [-0.05, 0) is 37.5 Å². The number of imide groups is 1. The van der Waals surface area contributed by atoms with Crippen LogP contribution in [0.2, 0.25) is 0 Å². The van der Waals surface area contributed by atoms with Gasteiger partial charge < -0.3 is 19.9 Å². The molecule has 1 spiro atoms. The van der Waals surface area contributed by atoms with Crippen LogP contribution < -0.4 is 10.6 Å². The lowest BCUT2D eigenvalue weighted by molar-refractivity contribution is -0.150. The van der Waals surface area contributed by atoms with Crippen LogP contribution in [-0.2, 0) is 19.1 Å². The molecule has 0 bridgehead atoms. The van der Waals surface area contributed by atoms with Gasteiger partial charge in [0.15, 0.2) is 12.4 Å². The normalized spacial score (nSPS) is 25.8. The number of aromatic nitrogens is 1. The summed E-state index contributed by atoms with van der Waals surface area (Å²) in [5.74, 6) is -0.887. The highest BCUT2D eigenvalue weighted by Crippen LogP contribution is 2.46. The number of nitrogens with one attached hydrogen (secondary N) is 2. The van der Waals surface area contributed by atoms with Gasteiger partial charge in [-0.1, -0.05) is 25.9 Å². The van der Waals surface area contributed by atoms with Gasteiger partial charge in [0.05, 0.1) is 0 Å². The summed E-state index contributed by atoms with van der Waals surface area (Å²) in [4.78, 5) is 50.1. The predicted octanol–water partition coefficient (Wildman–Crippen LogP) is 1.60. The van der Waals surface area contributed by atoms with Crippen molar-refractivity contribution in [3.05, 3.63) is 11.8 Å². The van der Waals surface area contributed by atoms with E-state index in [1.54, 1.807) is 6.92 Å². The molecule has 2 unspecified atom stereocenters. The van der Waals surface area contributed by atoms with E-state index in [1.807, 2.05) is 6.92 Å². The molecule has 2 heterocycles. The van der Waals surface area contributed by atoms with Crippen molar-refractivity contribution in [3.63, 3.8) is 0 Å². The largest absolute Gasteiger partial charge is 0.454 e. The first-order valence-electron chi connectivity index (χ1n) is 9.53. The molecule has 2 N–H and O–H groups in total. The Morgan fingerprint density at radius 3 is 2.72 bits per heavy atom. The molecule has 1 saturated carbocycles. The zero-order valence-electron chi connectivity index (χ0n) is 17.0. The Kier molecular flexibility index (Phi) is 5.38. The molecule has 10 nitrogen and oxygen atoms in total. The fraction of sp³-hybridized carbons (Fsp3) is 0.632. The summed E-state index contributed by atoms with van der Waals surface area (Å²) in [6, 6.07) is 0.901. The second-order valence-corrected chi connectivity index (χ2v) is 8.79. The minimum atomic E-state index is -0.985. The number of carbonyl (C=O) groups is 4. The molecule has 3 rings (SSSR count). The van der Waals surface area contributed by atoms with Gasteiger partial charge in [-0.2, -0.15) is 0 Å². The van der Waals surface area contributed by atoms with E-state index in [9.17, 15) is 19.2 Å². The minimum Gasteiger partial charge on any atom is -0.454 e. The number of rotatable bonds is 5. The number of carbonyl (C=O) groups excluding carboxylic acids is 4. The van der Waals surface area contributed by atoms with Crippen molar-refractivity contribution in [3.8, 4) is 0 Å².